The van der Waals surface area contributed by atoms with Crippen LogP contribution in [0.1, 0.15) is 48.5 Å². The van der Waals surface area contributed by atoms with Gasteiger partial charge in [-0.2, -0.15) is 0 Å². The van der Waals surface area contributed by atoms with Gasteiger partial charge in [0.25, 0.3) is 0 Å². The van der Waals surface area contributed by atoms with Crippen molar-refractivity contribution in [1.82, 2.24) is 0 Å². The predicted molar refractivity (Wildman–Crippen MR) is 137 cm³/mol. The summed E-state index contributed by atoms with van der Waals surface area (Å²) in [5, 5.41) is 11.0. The lowest BCUT2D eigenvalue weighted by atomic mass is 9.97. The van der Waals surface area contributed by atoms with Gasteiger partial charge >= 0.3 is 41.8 Å². The fourth-order valence-corrected chi connectivity index (χ4v) is 4.01. The third-order valence-corrected chi connectivity index (χ3v) is 5.46. The second kappa shape index (κ2) is 17.8. The summed E-state index contributed by atoms with van der Waals surface area (Å²) in [5.74, 6) is -6.52. The van der Waals surface area contributed by atoms with Gasteiger partial charge in [0.2, 0.25) is 0 Å². The van der Waals surface area contributed by atoms with Gasteiger partial charge in [0, 0.05) is 48.5 Å². The average Bonchev–Trinajstić information content (AvgIpc) is 2.88. The molecule has 0 aromatic heterocycles. The SMILES string of the molecule is CC(=O)OC[C@@H](O)[C@@H](O[C@@H]1O[C@H](COC(C)=O)[C@H](OC(C)=O)[C@H](OC(C)=O)[C@H]1OC(C)=O)[C@H](OC(C)=O)[C@H](C=O)OC(C)=O. The number of aldehydes is 1. The van der Waals surface area contributed by atoms with E-state index in [0.717, 1.165) is 48.5 Å². The van der Waals surface area contributed by atoms with E-state index in [1.54, 1.807) is 0 Å². The molecule has 248 valence electrons. The number of hydrogen-bond donors (Lipinski definition) is 1. The van der Waals surface area contributed by atoms with Crippen molar-refractivity contribution in [2.75, 3.05) is 13.2 Å². The molecule has 1 rings (SSSR count). The minimum absolute atomic E-state index is 0.0666. The first-order valence-corrected chi connectivity index (χ1v) is 13.0. The highest BCUT2D eigenvalue weighted by atomic mass is 16.7. The molecule has 18 nitrogen and oxygen atoms in total. The molecule has 44 heavy (non-hydrogen) atoms. The highest BCUT2D eigenvalue weighted by Crippen LogP contribution is 2.32. The number of aliphatic hydroxyl groups is 1. The molecule has 9 atom stereocenters. The molecule has 1 N–H and O–H groups in total. The molecule has 1 aliphatic heterocycles. The molecule has 0 bridgehead atoms. The summed E-state index contributed by atoms with van der Waals surface area (Å²) >= 11 is 0. The summed E-state index contributed by atoms with van der Waals surface area (Å²) in [5.41, 5.74) is 0. The van der Waals surface area contributed by atoms with Crippen LogP contribution in [0.2, 0.25) is 0 Å². The first kappa shape index (κ1) is 37.9. The number of carbonyl (C=O) groups is 8. The number of carbonyl (C=O) groups excluding carboxylic acids is 8. The van der Waals surface area contributed by atoms with Crippen LogP contribution in [-0.2, 0) is 81.0 Å². The maximum atomic E-state index is 12.1. The van der Waals surface area contributed by atoms with E-state index in [4.69, 9.17) is 42.6 Å². The van der Waals surface area contributed by atoms with Gasteiger partial charge in [0.15, 0.2) is 43.1 Å². The standard InChI is InChI=1S/C26H36O18/c1-11(28)36-9-18(35)21(22(39-14(4)31)19(8-27)38-13(3)30)44-26-25(42-17(7)34)24(41-16(6)33)23(40-15(5)32)20(43-26)10-37-12(2)29/h8,18-26,35H,9-10H2,1-7H3/t18-,19+,20-,21-,22-,23+,24+,25-,26+/m1/s1. The highest BCUT2D eigenvalue weighted by molar-refractivity contribution is 5.72. The summed E-state index contributed by atoms with van der Waals surface area (Å²) in [6, 6.07) is 0. The molecular weight excluding hydrogens is 600 g/mol. The van der Waals surface area contributed by atoms with Crippen LogP contribution in [0.25, 0.3) is 0 Å². The Hall–Kier alpha value is -4.16. The van der Waals surface area contributed by atoms with Crippen LogP contribution in [0.4, 0.5) is 0 Å². The third kappa shape index (κ3) is 12.6. The van der Waals surface area contributed by atoms with Crippen LogP contribution in [0.3, 0.4) is 0 Å². The van der Waals surface area contributed by atoms with Crippen molar-refractivity contribution >= 4 is 48.1 Å². The number of ether oxygens (including phenoxy) is 9. The Kier molecular flexibility index (Phi) is 15.3. The number of esters is 7. The molecule has 1 fully saturated rings. The van der Waals surface area contributed by atoms with Gasteiger partial charge in [-0.05, 0) is 0 Å². The summed E-state index contributed by atoms with van der Waals surface area (Å²) in [4.78, 5) is 94.9. The Labute approximate surface area is 251 Å². The highest BCUT2D eigenvalue weighted by Gasteiger charge is 2.55. The van der Waals surface area contributed by atoms with Gasteiger partial charge in [0.1, 0.15) is 31.5 Å². The topological polar surface area (TPSA) is 240 Å². The van der Waals surface area contributed by atoms with Crippen molar-refractivity contribution in [3.8, 4) is 0 Å². The first-order chi connectivity index (χ1) is 20.5. The van der Waals surface area contributed by atoms with E-state index in [1.165, 1.54) is 0 Å². The van der Waals surface area contributed by atoms with Gasteiger partial charge in [-0.1, -0.05) is 0 Å². The molecule has 1 saturated heterocycles. The van der Waals surface area contributed by atoms with Crippen LogP contribution < -0.4 is 0 Å². The van der Waals surface area contributed by atoms with Gasteiger partial charge in [-0.3, -0.25) is 38.4 Å². The Bertz CT molecular complexity index is 1070. The molecule has 0 saturated carbocycles. The summed E-state index contributed by atoms with van der Waals surface area (Å²) < 4.78 is 47.5. The maximum absolute atomic E-state index is 12.1. The summed E-state index contributed by atoms with van der Waals surface area (Å²) in [7, 11) is 0. The molecule has 18 heteroatoms. The van der Waals surface area contributed by atoms with Gasteiger partial charge in [-0.25, -0.2) is 0 Å². The summed E-state index contributed by atoms with van der Waals surface area (Å²) in [6.07, 6.45) is -16.1. The van der Waals surface area contributed by atoms with E-state index < -0.39 is 110 Å². The van der Waals surface area contributed by atoms with Crippen LogP contribution in [0.5, 0.6) is 0 Å². The normalized spacial score (nSPS) is 23.8. The lowest BCUT2D eigenvalue weighted by Crippen LogP contribution is -2.64. The number of aliphatic hydroxyl groups excluding tert-OH is 1. The second-order valence-corrected chi connectivity index (χ2v) is 9.32. The zero-order chi connectivity index (χ0) is 33.7. The van der Waals surface area contributed by atoms with Gasteiger partial charge in [-0.15, -0.1) is 0 Å². The van der Waals surface area contributed by atoms with Crippen LogP contribution in [-0.4, -0.2) is 122 Å². The van der Waals surface area contributed by atoms with Crippen molar-refractivity contribution < 1.29 is 86.1 Å². The minimum Gasteiger partial charge on any atom is -0.463 e. The first-order valence-electron chi connectivity index (χ1n) is 13.0. The molecule has 0 amide bonds. The van der Waals surface area contributed by atoms with E-state index in [1.807, 2.05) is 0 Å². The van der Waals surface area contributed by atoms with Gasteiger partial charge in [0.05, 0.1) is 0 Å². The fourth-order valence-electron chi connectivity index (χ4n) is 4.01. The third-order valence-electron chi connectivity index (χ3n) is 5.46. The fraction of sp³-hybridized carbons (Fsp3) is 0.692. The van der Waals surface area contributed by atoms with Crippen molar-refractivity contribution in [1.29, 1.82) is 0 Å². The largest absolute Gasteiger partial charge is 0.463 e. The molecule has 0 aromatic rings. The Balaban J connectivity index is 3.81. The Morgan fingerprint density at radius 1 is 0.659 bits per heavy atom. The minimum atomic E-state index is -1.96. The zero-order valence-corrected chi connectivity index (χ0v) is 25.1. The monoisotopic (exact) mass is 636 g/mol. The smallest absolute Gasteiger partial charge is 0.303 e. The average molecular weight is 637 g/mol. The molecule has 0 radical (unpaired) electrons. The number of rotatable bonds is 15. The second-order valence-electron chi connectivity index (χ2n) is 9.32. The quantitative estimate of drug-likeness (QED) is 0.121. The van der Waals surface area contributed by atoms with E-state index in [0.29, 0.717) is 0 Å². The van der Waals surface area contributed by atoms with Crippen LogP contribution >= 0.6 is 0 Å². The molecule has 0 aromatic carbocycles. The number of hydrogen-bond acceptors (Lipinski definition) is 18. The predicted octanol–water partition coefficient (Wildman–Crippen LogP) is -1.56. The lowest BCUT2D eigenvalue weighted by molar-refractivity contribution is -0.330. The lowest BCUT2D eigenvalue weighted by Gasteiger charge is -2.45. The van der Waals surface area contributed by atoms with E-state index in [9.17, 15) is 43.5 Å². The molecular formula is C26H36O18. The van der Waals surface area contributed by atoms with Crippen molar-refractivity contribution in [3.63, 3.8) is 0 Å². The van der Waals surface area contributed by atoms with E-state index in [-0.39, 0.29) is 6.29 Å². The zero-order valence-electron chi connectivity index (χ0n) is 25.1. The van der Waals surface area contributed by atoms with Crippen LogP contribution in [0, 0.1) is 0 Å². The van der Waals surface area contributed by atoms with E-state index in [2.05, 4.69) is 0 Å². The van der Waals surface area contributed by atoms with Crippen molar-refractivity contribution in [2.24, 2.45) is 0 Å². The van der Waals surface area contributed by atoms with Crippen LogP contribution in [0.15, 0.2) is 0 Å². The molecule has 0 unspecified atom stereocenters. The van der Waals surface area contributed by atoms with Crippen molar-refractivity contribution in [3.05, 3.63) is 0 Å². The molecule has 0 aliphatic carbocycles. The van der Waals surface area contributed by atoms with E-state index >= 15 is 0 Å². The maximum Gasteiger partial charge on any atom is 0.303 e. The molecule has 0 spiro atoms. The van der Waals surface area contributed by atoms with Crippen molar-refractivity contribution in [2.45, 2.75) is 104 Å². The Morgan fingerprint density at radius 2 is 1.16 bits per heavy atom. The Morgan fingerprint density at radius 3 is 1.61 bits per heavy atom. The summed E-state index contributed by atoms with van der Waals surface area (Å²) in [6.45, 7) is 5.44. The molecule has 1 aliphatic rings. The molecule has 1 heterocycles. The van der Waals surface area contributed by atoms with Gasteiger partial charge < -0.3 is 47.7 Å².